The predicted octanol–water partition coefficient (Wildman–Crippen LogP) is 2.63. The first-order chi connectivity index (χ1) is 5.65. The van der Waals surface area contributed by atoms with E-state index < -0.39 is 5.97 Å². The van der Waals surface area contributed by atoms with E-state index >= 15 is 0 Å². The number of aromatic nitrogens is 1. The smallest absolute Gasteiger partial charge is 0.359 e. The summed E-state index contributed by atoms with van der Waals surface area (Å²) in [6, 6.07) is 0. The number of nitrogens with zero attached hydrogens (tertiary/aromatic N) is 1. The predicted molar refractivity (Wildman–Crippen MR) is 48.1 cm³/mol. The monoisotopic (exact) mass is 225 g/mol. The van der Waals surface area contributed by atoms with Crippen LogP contribution in [0.15, 0.2) is 0 Å². The van der Waals surface area contributed by atoms with Crippen molar-refractivity contribution in [2.45, 2.75) is 6.92 Å². The van der Waals surface area contributed by atoms with Crippen molar-refractivity contribution in [3.63, 3.8) is 0 Å². The Hall–Kier alpha value is -0.320. The maximum Gasteiger partial charge on any atom is 0.359 e. The molecule has 6 heteroatoms. The third kappa shape index (κ3) is 2.09. The summed E-state index contributed by atoms with van der Waals surface area (Å²) in [5, 5.41) is 0. The minimum atomic E-state index is -0.536. The fraction of sp³-hybridized carbons (Fsp3) is 0.333. The Kier molecular flexibility index (Phi) is 3.31. The number of thiazole rings is 1. The third-order valence-corrected chi connectivity index (χ3v) is 2.39. The Morgan fingerprint density at radius 2 is 2.33 bits per heavy atom. The summed E-state index contributed by atoms with van der Waals surface area (Å²) < 4.78 is 5.19. The largest absolute Gasteiger partial charge is 0.461 e. The Morgan fingerprint density at radius 1 is 1.67 bits per heavy atom. The molecular weight excluding hydrogens is 221 g/mol. The van der Waals surface area contributed by atoms with Gasteiger partial charge in [-0.1, -0.05) is 34.5 Å². The highest BCUT2D eigenvalue weighted by molar-refractivity contribution is 7.19. The molecule has 3 nitrogen and oxygen atoms in total. The van der Waals surface area contributed by atoms with Crippen molar-refractivity contribution < 1.29 is 9.53 Å². The Bertz CT molecular complexity index is 300. The number of ether oxygens (including phenoxy) is 1. The number of rotatable bonds is 2. The van der Waals surface area contributed by atoms with E-state index in [1.807, 2.05) is 0 Å². The molecule has 0 saturated carbocycles. The van der Waals surface area contributed by atoms with Crippen LogP contribution in [0.3, 0.4) is 0 Å². The van der Waals surface area contributed by atoms with Crippen molar-refractivity contribution in [3.8, 4) is 0 Å². The van der Waals surface area contributed by atoms with Gasteiger partial charge in [-0.2, -0.15) is 0 Å². The van der Waals surface area contributed by atoms with Gasteiger partial charge in [0, 0.05) is 0 Å². The lowest BCUT2D eigenvalue weighted by Crippen LogP contribution is -2.05. The second-order valence-corrected chi connectivity index (χ2v) is 3.99. The molecule has 0 saturated heterocycles. The van der Waals surface area contributed by atoms with Crippen LogP contribution >= 0.6 is 34.5 Å². The molecule has 12 heavy (non-hydrogen) atoms. The maximum absolute atomic E-state index is 11.1. The zero-order valence-electron chi connectivity index (χ0n) is 6.13. The van der Waals surface area contributed by atoms with Crippen LogP contribution in [0, 0.1) is 0 Å². The molecule has 0 aliphatic rings. The average Bonchev–Trinajstić information content (AvgIpc) is 2.30. The summed E-state index contributed by atoms with van der Waals surface area (Å²) in [6.45, 7) is 2.00. The van der Waals surface area contributed by atoms with E-state index in [1.54, 1.807) is 6.92 Å². The van der Waals surface area contributed by atoms with E-state index in [0.717, 1.165) is 11.3 Å². The Balaban J connectivity index is 2.87. The van der Waals surface area contributed by atoms with Crippen molar-refractivity contribution in [2.24, 2.45) is 0 Å². The molecule has 0 aliphatic carbocycles. The molecule has 0 bridgehead atoms. The molecule has 0 amide bonds. The quantitative estimate of drug-likeness (QED) is 0.727. The van der Waals surface area contributed by atoms with E-state index in [9.17, 15) is 4.79 Å². The van der Waals surface area contributed by atoms with E-state index in [4.69, 9.17) is 23.2 Å². The first kappa shape index (κ1) is 9.77. The van der Waals surface area contributed by atoms with Crippen molar-refractivity contribution in [3.05, 3.63) is 14.5 Å². The molecule has 1 aromatic heterocycles. The molecule has 1 heterocycles. The van der Waals surface area contributed by atoms with Crippen LogP contribution in [0.25, 0.3) is 0 Å². The summed E-state index contributed by atoms with van der Waals surface area (Å²) in [5.74, 6) is -0.536. The van der Waals surface area contributed by atoms with E-state index in [2.05, 4.69) is 9.72 Å². The SMILES string of the molecule is CCOC(=O)c1nc(Cl)sc1Cl. The van der Waals surface area contributed by atoms with Gasteiger partial charge < -0.3 is 4.74 Å². The second-order valence-electron chi connectivity index (χ2n) is 1.81. The van der Waals surface area contributed by atoms with Crippen molar-refractivity contribution in [1.29, 1.82) is 0 Å². The number of carbonyl (C=O) groups excluding carboxylic acids is 1. The highest BCUT2D eigenvalue weighted by Gasteiger charge is 2.16. The zero-order chi connectivity index (χ0) is 9.14. The van der Waals surface area contributed by atoms with E-state index in [-0.39, 0.29) is 14.5 Å². The summed E-state index contributed by atoms with van der Waals surface area (Å²) >= 11 is 12.2. The van der Waals surface area contributed by atoms with Crippen molar-refractivity contribution in [2.75, 3.05) is 6.61 Å². The molecular formula is C6H5Cl2NO2S. The number of halogens is 2. The lowest BCUT2D eigenvalue weighted by molar-refractivity contribution is 0.0520. The van der Waals surface area contributed by atoms with Gasteiger partial charge in [-0.25, -0.2) is 9.78 Å². The van der Waals surface area contributed by atoms with Crippen LogP contribution in [-0.4, -0.2) is 17.6 Å². The summed E-state index contributed by atoms with van der Waals surface area (Å²) in [5.41, 5.74) is 0.0912. The molecule has 66 valence electrons. The summed E-state index contributed by atoms with van der Waals surface area (Å²) in [4.78, 5) is 14.8. The van der Waals surface area contributed by atoms with Gasteiger partial charge >= 0.3 is 5.97 Å². The topological polar surface area (TPSA) is 39.2 Å². The number of carbonyl (C=O) groups is 1. The number of esters is 1. The number of hydrogen-bond acceptors (Lipinski definition) is 4. The normalized spacial score (nSPS) is 9.92. The number of hydrogen-bond donors (Lipinski definition) is 0. The molecule has 0 radical (unpaired) electrons. The lowest BCUT2D eigenvalue weighted by Gasteiger charge is -1.96. The van der Waals surface area contributed by atoms with E-state index in [1.165, 1.54) is 0 Å². The average molecular weight is 226 g/mol. The van der Waals surface area contributed by atoms with Crippen LogP contribution < -0.4 is 0 Å². The Morgan fingerprint density at radius 3 is 2.75 bits per heavy atom. The van der Waals surface area contributed by atoms with Gasteiger partial charge in [0.15, 0.2) is 10.2 Å². The standard InChI is InChI=1S/C6H5Cl2NO2S/c1-2-11-5(10)3-4(7)12-6(8)9-3/h2H2,1H3. The van der Waals surface area contributed by atoms with Gasteiger partial charge in [-0.15, -0.1) is 0 Å². The van der Waals surface area contributed by atoms with Gasteiger partial charge in [0.2, 0.25) is 0 Å². The fourth-order valence-corrected chi connectivity index (χ4v) is 1.89. The van der Waals surface area contributed by atoms with Crippen molar-refractivity contribution in [1.82, 2.24) is 4.98 Å². The molecule has 0 aromatic carbocycles. The fourth-order valence-electron chi connectivity index (χ4n) is 0.602. The molecule has 0 spiro atoms. The first-order valence-corrected chi connectivity index (χ1v) is 4.71. The van der Waals surface area contributed by atoms with Gasteiger partial charge in [-0.05, 0) is 6.92 Å². The van der Waals surface area contributed by atoms with Crippen LogP contribution in [0.5, 0.6) is 0 Å². The highest BCUT2D eigenvalue weighted by atomic mass is 35.5. The van der Waals surface area contributed by atoms with Crippen LogP contribution in [-0.2, 0) is 4.74 Å². The van der Waals surface area contributed by atoms with E-state index in [0.29, 0.717) is 6.61 Å². The molecule has 0 unspecified atom stereocenters. The third-order valence-electron chi connectivity index (χ3n) is 1.03. The molecule has 0 fully saturated rings. The Labute approximate surface area is 83.3 Å². The minimum absolute atomic E-state index is 0.0912. The summed E-state index contributed by atoms with van der Waals surface area (Å²) in [7, 11) is 0. The van der Waals surface area contributed by atoms with Gasteiger partial charge in [0.1, 0.15) is 4.34 Å². The van der Waals surface area contributed by atoms with Gasteiger partial charge in [0.05, 0.1) is 6.61 Å². The van der Waals surface area contributed by atoms with Gasteiger partial charge in [0.25, 0.3) is 0 Å². The molecule has 1 rings (SSSR count). The summed E-state index contributed by atoms with van der Waals surface area (Å²) in [6.07, 6.45) is 0. The molecule has 0 atom stereocenters. The van der Waals surface area contributed by atoms with Crippen LogP contribution in [0.1, 0.15) is 17.4 Å². The van der Waals surface area contributed by atoms with Crippen LogP contribution in [0.4, 0.5) is 0 Å². The van der Waals surface area contributed by atoms with Gasteiger partial charge in [-0.3, -0.25) is 0 Å². The molecule has 0 aliphatic heterocycles. The lowest BCUT2D eigenvalue weighted by atomic mass is 10.5. The van der Waals surface area contributed by atoms with Crippen molar-refractivity contribution >= 4 is 40.5 Å². The highest BCUT2D eigenvalue weighted by Crippen LogP contribution is 2.27. The minimum Gasteiger partial charge on any atom is -0.461 e. The molecule has 0 N–H and O–H groups in total. The first-order valence-electron chi connectivity index (χ1n) is 3.14. The second kappa shape index (κ2) is 4.07. The molecule has 1 aromatic rings. The van der Waals surface area contributed by atoms with Crippen LogP contribution in [0.2, 0.25) is 8.80 Å². The maximum atomic E-state index is 11.1. The zero-order valence-corrected chi connectivity index (χ0v) is 8.46.